The first kappa shape index (κ1) is 16.2. The van der Waals surface area contributed by atoms with E-state index in [-0.39, 0.29) is 17.4 Å². The van der Waals surface area contributed by atoms with E-state index in [0.29, 0.717) is 0 Å². The molecule has 0 aliphatic carbocycles. The van der Waals surface area contributed by atoms with E-state index in [1.807, 2.05) is 13.8 Å². The molecule has 0 bridgehead atoms. The van der Waals surface area contributed by atoms with E-state index in [4.69, 9.17) is 0 Å². The molecule has 1 aromatic rings. The topological polar surface area (TPSA) is 57.6 Å². The van der Waals surface area contributed by atoms with E-state index < -0.39 is 21.7 Å². The van der Waals surface area contributed by atoms with Crippen molar-refractivity contribution in [2.24, 2.45) is 5.92 Å². The molecule has 0 unspecified atom stereocenters. The third-order valence-corrected chi connectivity index (χ3v) is 6.42. The number of benzene rings is 1. The lowest BCUT2D eigenvalue weighted by atomic mass is 9.89. The Hall–Kier alpha value is -1.17. The highest BCUT2D eigenvalue weighted by Gasteiger charge is 2.52. The zero-order valence-electron chi connectivity index (χ0n) is 13.0. The smallest absolute Gasteiger partial charge is 0.243 e. The molecule has 1 N–H and O–H groups in total. The second kappa shape index (κ2) is 5.23. The Bertz CT molecular complexity index is 647. The molecule has 1 saturated heterocycles. The van der Waals surface area contributed by atoms with Gasteiger partial charge in [0.2, 0.25) is 10.0 Å². The van der Waals surface area contributed by atoms with Gasteiger partial charge in [0.15, 0.2) is 0 Å². The quantitative estimate of drug-likeness (QED) is 0.872. The molecule has 1 fully saturated rings. The second-order valence-corrected chi connectivity index (χ2v) is 8.26. The number of hydrogen-bond acceptors (Lipinski definition) is 3. The van der Waals surface area contributed by atoms with Gasteiger partial charge in [0, 0.05) is 12.5 Å². The highest BCUT2D eigenvalue weighted by molar-refractivity contribution is 7.89. The molecule has 0 radical (unpaired) electrons. The van der Waals surface area contributed by atoms with Crippen LogP contribution in [0.5, 0.6) is 0 Å². The van der Waals surface area contributed by atoms with Crippen molar-refractivity contribution in [3.05, 3.63) is 42.0 Å². The van der Waals surface area contributed by atoms with Gasteiger partial charge < -0.3 is 5.11 Å². The van der Waals surface area contributed by atoms with Gasteiger partial charge >= 0.3 is 0 Å². The fourth-order valence-electron chi connectivity index (χ4n) is 2.82. The lowest BCUT2D eigenvalue weighted by Gasteiger charge is -2.33. The van der Waals surface area contributed by atoms with Gasteiger partial charge in [0.25, 0.3) is 0 Å². The first-order valence-electron chi connectivity index (χ1n) is 7.01. The fraction of sp³-hybridized carbons (Fsp3) is 0.500. The first-order chi connectivity index (χ1) is 9.58. The Morgan fingerprint density at radius 3 is 2.29 bits per heavy atom. The third kappa shape index (κ3) is 2.65. The van der Waals surface area contributed by atoms with Gasteiger partial charge in [-0.1, -0.05) is 29.8 Å². The summed E-state index contributed by atoms with van der Waals surface area (Å²) in [4.78, 5) is 0.260. The lowest BCUT2D eigenvalue weighted by Crippen LogP contribution is -2.48. The molecular formula is C16H23NO3S. The molecule has 2 rings (SSSR count). The van der Waals surface area contributed by atoms with Crippen LogP contribution < -0.4 is 0 Å². The van der Waals surface area contributed by atoms with Crippen molar-refractivity contribution in [3.63, 3.8) is 0 Å². The fourth-order valence-corrected chi connectivity index (χ4v) is 4.64. The van der Waals surface area contributed by atoms with Crippen LogP contribution in [0.1, 0.15) is 26.3 Å². The van der Waals surface area contributed by atoms with Crippen molar-refractivity contribution >= 4 is 10.0 Å². The summed E-state index contributed by atoms with van der Waals surface area (Å²) < 4.78 is 27.1. The zero-order valence-corrected chi connectivity index (χ0v) is 13.8. The van der Waals surface area contributed by atoms with Gasteiger partial charge in [-0.2, -0.15) is 4.31 Å². The van der Waals surface area contributed by atoms with Crippen LogP contribution in [0.2, 0.25) is 0 Å². The van der Waals surface area contributed by atoms with Crippen molar-refractivity contribution in [2.75, 3.05) is 6.54 Å². The largest absolute Gasteiger partial charge is 0.391 e. The molecule has 5 heteroatoms. The molecule has 0 saturated carbocycles. The summed E-state index contributed by atoms with van der Waals surface area (Å²) in [5.74, 6) is -0.236. The van der Waals surface area contributed by atoms with Crippen LogP contribution in [0.15, 0.2) is 41.3 Å². The summed E-state index contributed by atoms with van der Waals surface area (Å²) >= 11 is 0. The van der Waals surface area contributed by atoms with Crippen molar-refractivity contribution in [2.45, 2.75) is 44.2 Å². The molecule has 21 heavy (non-hydrogen) atoms. The van der Waals surface area contributed by atoms with Crippen LogP contribution in [-0.2, 0) is 10.0 Å². The average molecular weight is 309 g/mol. The minimum atomic E-state index is -3.63. The molecule has 0 aromatic heterocycles. The highest BCUT2D eigenvalue weighted by atomic mass is 32.2. The molecule has 0 amide bonds. The number of hydrogen-bond donors (Lipinski definition) is 1. The summed E-state index contributed by atoms with van der Waals surface area (Å²) in [6.07, 6.45) is -0.754. The number of aliphatic hydroxyl groups is 1. The molecule has 116 valence electrons. The van der Waals surface area contributed by atoms with Crippen LogP contribution in [0.25, 0.3) is 0 Å². The monoisotopic (exact) mass is 309 g/mol. The lowest BCUT2D eigenvalue weighted by molar-refractivity contribution is 0.0731. The minimum Gasteiger partial charge on any atom is -0.391 e. The first-order valence-corrected chi connectivity index (χ1v) is 8.45. The van der Waals surface area contributed by atoms with Crippen molar-refractivity contribution < 1.29 is 13.5 Å². The van der Waals surface area contributed by atoms with Gasteiger partial charge in [0.05, 0.1) is 16.5 Å². The number of aryl methyl sites for hydroxylation is 1. The average Bonchev–Trinajstić information content (AvgIpc) is 2.62. The molecule has 1 heterocycles. The molecule has 2 atom stereocenters. The van der Waals surface area contributed by atoms with E-state index in [0.717, 1.165) is 11.1 Å². The molecular weight excluding hydrogens is 286 g/mol. The Morgan fingerprint density at radius 1 is 1.33 bits per heavy atom. The van der Waals surface area contributed by atoms with Crippen LogP contribution in [0, 0.1) is 12.8 Å². The summed E-state index contributed by atoms with van der Waals surface area (Å²) in [6.45, 7) is 11.4. The molecule has 0 spiro atoms. The standard InChI is InChI=1S/C16H23NO3S/c1-11(2)14-10-17(16(4,5)15(14)18)21(19,20)13-8-6-12(3)7-9-13/h6-9,14-15,18H,1,10H2,2-5H3/t14-,15+/m0/s1. The van der Waals surface area contributed by atoms with Crippen LogP contribution in [-0.4, -0.2) is 36.0 Å². The van der Waals surface area contributed by atoms with E-state index in [1.54, 1.807) is 38.1 Å². The van der Waals surface area contributed by atoms with Crippen LogP contribution >= 0.6 is 0 Å². The van der Waals surface area contributed by atoms with Crippen molar-refractivity contribution in [1.82, 2.24) is 4.31 Å². The van der Waals surface area contributed by atoms with Gasteiger partial charge in [0.1, 0.15) is 0 Å². The minimum absolute atomic E-state index is 0.236. The molecule has 1 aromatic carbocycles. The van der Waals surface area contributed by atoms with E-state index in [1.165, 1.54) is 4.31 Å². The van der Waals surface area contributed by atoms with E-state index in [9.17, 15) is 13.5 Å². The number of aliphatic hydroxyl groups excluding tert-OH is 1. The van der Waals surface area contributed by atoms with Gasteiger partial charge in [-0.25, -0.2) is 8.42 Å². The Labute approximate surface area is 127 Å². The second-order valence-electron chi connectivity index (χ2n) is 6.40. The Kier molecular flexibility index (Phi) is 4.04. The maximum atomic E-state index is 12.9. The SMILES string of the molecule is C=C(C)[C@@H]1CN(S(=O)(=O)c2ccc(C)cc2)C(C)(C)[C@@H]1O. The number of sulfonamides is 1. The zero-order chi connectivity index (χ0) is 16.0. The predicted octanol–water partition coefficient (Wildman–Crippen LogP) is 2.33. The van der Waals surface area contributed by atoms with Crippen molar-refractivity contribution in [3.8, 4) is 0 Å². The number of nitrogens with zero attached hydrogens (tertiary/aromatic N) is 1. The van der Waals surface area contributed by atoms with Crippen LogP contribution in [0.4, 0.5) is 0 Å². The molecule has 1 aliphatic heterocycles. The van der Waals surface area contributed by atoms with Gasteiger partial charge in [-0.15, -0.1) is 0 Å². The number of rotatable bonds is 3. The summed E-state index contributed by atoms with van der Waals surface area (Å²) in [7, 11) is -3.63. The highest BCUT2D eigenvalue weighted by Crippen LogP contribution is 2.39. The summed E-state index contributed by atoms with van der Waals surface area (Å²) in [5, 5.41) is 10.4. The predicted molar refractivity (Wildman–Crippen MR) is 83.5 cm³/mol. The maximum absolute atomic E-state index is 12.9. The van der Waals surface area contributed by atoms with Crippen molar-refractivity contribution in [1.29, 1.82) is 0 Å². The van der Waals surface area contributed by atoms with E-state index >= 15 is 0 Å². The third-order valence-electron chi connectivity index (χ3n) is 4.35. The van der Waals surface area contributed by atoms with Gasteiger partial charge in [-0.05, 0) is 39.8 Å². The molecule has 4 nitrogen and oxygen atoms in total. The Morgan fingerprint density at radius 2 is 1.86 bits per heavy atom. The molecule has 1 aliphatic rings. The van der Waals surface area contributed by atoms with Crippen LogP contribution in [0.3, 0.4) is 0 Å². The summed E-state index contributed by atoms with van der Waals surface area (Å²) in [6, 6.07) is 6.79. The van der Waals surface area contributed by atoms with E-state index in [2.05, 4.69) is 6.58 Å². The maximum Gasteiger partial charge on any atom is 0.243 e. The summed E-state index contributed by atoms with van der Waals surface area (Å²) in [5.41, 5.74) is 0.958. The normalized spacial score (nSPS) is 26.0. The Balaban J connectivity index is 2.45. The van der Waals surface area contributed by atoms with Gasteiger partial charge in [-0.3, -0.25) is 0 Å².